The number of benzene rings is 1. The van der Waals surface area contributed by atoms with Crippen LogP contribution in [0.5, 0.6) is 0 Å². The standard InChI is InChI=1S/C16H20O4/c1-4-8-14(11-15(17)19-12(2)3)20-16(18)13-9-6-5-7-10-13/h4-7,9-10,12,14H,1,8,11H2,2-3H3/t14-/m1/s1. The predicted molar refractivity (Wildman–Crippen MR) is 76.3 cm³/mol. The van der Waals surface area contributed by atoms with Crippen molar-refractivity contribution in [3.63, 3.8) is 0 Å². The van der Waals surface area contributed by atoms with Gasteiger partial charge >= 0.3 is 11.9 Å². The van der Waals surface area contributed by atoms with Crippen LogP contribution >= 0.6 is 0 Å². The Morgan fingerprint density at radius 2 is 1.85 bits per heavy atom. The summed E-state index contributed by atoms with van der Waals surface area (Å²) < 4.78 is 10.4. The average molecular weight is 276 g/mol. The summed E-state index contributed by atoms with van der Waals surface area (Å²) in [6.07, 6.45) is 1.32. The molecule has 1 aromatic rings. The summed E-state index contributed by atoms with van der Waals surface area (Å²) in [4.78, 5) is 23.5. The number of rotatable bonds is 7. The highest BCUT2D eigenvalue weighted by Gasteiger charge is 2.19. The molecule has 0 aliphatic rings. The fraction of sp³-hybridized carbons (Fsp3) is 0.375. The van der Waals surface area contributed by atoms with Gasteiger partial charge in [0.2, 0.25) is 0 Å². The first-order valence-electron chi connectivity index (χ1n) is 6.59. The number of ether oxygens (including phenoxy) is 2. The highest BCUT2D eigenvalue weighted by molar-refractivity contribution is 5.89. The Kier molecular flexibility index (Phi) is 6.50. The van der Waals surface area contributed by atoms with Crippen LogP contribution in [0, 0.1) is 0 Å². The predicted octanol–water partition coefficient (Wildman–Crippen LogP) is 3.13. The molecule has 0 heterocycles. The molecular formula is C16H20O4. The van der Waals surface area contributed by atoms with Gasteiger partial charge in [-0.25, -0.2) is 4.79 Å². The zero-order valence-electron chi connectivity index (χ0n) is 11.9. The average Bonchev–Trinajstić information content (AvgIpc) is 2.38. The Morgan fingerprint density at radius 3 is 2.40 bits per heavy atom. The van der Waals surface area contributed by atoms with E-state index in [0.29, 0.717) is 12.0 Å². The second-order valence-corrected chi connectivity index (χ2v) is 4.66. The molecule has 0 saturated carbocycles. The van der Waals surface area contributed by atoms with Crippen molar-refractivity contribution in [3.8, 4) is 0 Å². The lowest BCUT2D eigenvalue weighted by Crippen LogP contribution is -2.23. The zero-order chi connectivity index (χ0) is 15.0. The van der Waals surface area contributed by atoms with Crippen LogP contribution in [-0.2, 0) is 14.3 Å². The lowest BCUT2D eigenvalue weighted by molar-refractivity contribution is -0.149. The highest BCUT2D eigenvalue weighted by atomic mass is 16.6. The van der Waals surface area contributed by atoms with Gasteiger partial charge in [-0.3, -0.25) is 4.79 Å². The van der Waals surface area contributed by atoms with Crippen molar-refractivity contribution in [2.45, 2.75) is 38.9 Å². The Bertz CT molecular complexity index is 451. The number of hydrogen-bond acceptors (Lipinski definition) is 4. The lowest BCUT2D eigenvalue weighted by Gasteiger charge is -2.16. The molecule has 0 bridgehead atoms. The molecule has 1 aromatic carbocycles. The minimum absolute atomic E-state index is 0.0305. The maximum atomic E-state index is 11.9. The third kappa shape index (κ3) is 5.69. The smallest absolute Gasteiger partial charge is 0.338 e. The van der Waals surface area contributed by atoms with Gasteiger partial charge in [-0.05, 0) is 26.0 Å². The summed E-state index contributed by atoms with van der Waals surface area (Å²) >= 11 is 0. The van der Waals surface area contributed by atoms with Crippen LogP contribution in [-0.4, -0.2) is 24.1 Å². The van der Waals surface area contributed by atoms with Crippen molar-refractivity contribution >= 4 is 11.9 Å². The van der Waals surface area contributed by atoms with Gasteiger partial charge in [-0.2, -0.15) is 0 Å². The zero-order valence-corrected chi connectivity index (χ0v) is 11.9. The summed E-state index contributed by atoms with van der Waals surface area (Å²) in [7, 11) is 0. The molecule has 0 unspecified atom stereocenters. The molecule has 0 aliphatic carbocycles. The van der Waals surface area contributed by atoms with Crippen molar-refractivity contribution < 1.29 is 19.1 Å². The molecule has 108 valence electrons. The first-order chi connectivity index (χ1) is 9.52. The van der Waals surface area contributed by atoms with Crippen LogP contribution in [0.15, 0.2) is 43.0 Å². The van der Waals surface area contributed by atoms with Crippen LogP contribution in [0.3, 0.4) is 0 Å². The number of esters is 2. The summed E-state index contributed by atoms with van der Waals surface area (Å²) in [6, 6.07) is 8.66. The fourth-order valence-corrected chi connectivity index (χ4v) is 1.65. The molecule has 1 rings (SSSR count). The normalized spacial score (nSPS) is 11.8. The Morgan fingerprint density at radius 1 is 1.20 bits per heavy atom. The quantitative estimate of drug-likeness (QED) is 0.567. The van der Waals surface area contributed by atoms with E-state index < -0.39 is 12.1 Å². The molecule has 4 nitrogen and oxygen atoms in total. The second-order valence-electron chi connectivity index (χ2n) is 4.66. The minimum Gasteiger partial charge on any atom is -0.463 e. The van der Waals surface area contributed by atoms with Crippen LogP contribution < -0.4 is 0 Å². The maximum Gasteiger partial charge on any atom is 0.338 e. The van der Waals surface area contributed by atoms with Crippen LogP contribution in [0.25, 0.3) is 0 Å². The van der Waals surface area contributed by atoms with Gasteiger partial charge < -0.3 is 9.47 Å². The van der Waals surface area contributed by atoms with E-state index in [0.717, 1.165) is 0 Å². The van der Waals surface area contributed by atoms with Crippen LogP contribution in [0.1, 0.15) is 37.0 Å². The highest BCUT2D eigenvalue weighted by Crippen LogP contribution is 2.11. The lowest BCUT2D eigenvalue weighted by atomic mass is 10.1. The van der Waals surface area contributed by atoms with E-state index >= 15 is 0 Å². The number of carbonyl (C=O) groups excluding carboxylic acids is 2. The number of hydrogen-bond donors (Lipinski definition) is 0. The molecule has 0 fully saturated rings. The molecule has 0 saturated heterocycles. The molecule has 20 heavy (non-hydrogen) atoms. The molecule has 0 radical (unpaired) electrons. The van der Waals surface area contributed by atoms with Gasteiger partial charge in [0, 0.05) is 6.42 Å². The van der Waals surface area contributed by atoms with E-state index in [9.17, 15) is 9.59 Å². The van der Waals surface area contributed by atoms with Gasteiger partial charge in [-0.15, -0.1) is 6.58 Å². The first kappa shape index (κ1) is 16.0. The van der Waals surface area contributed by atoms with Crippen LogP contribution in [0.4, 0.5) is 0 Å². The van der Waals surface area contributed by atoms with Crippen molar-refractivity contribution in [2.75, 3.05) is 0 Å². The third-order valence-electron chi connectivity index (χ3n) is 2.47. The van der Waals surface area contributed by atoms with Gasteiger partial charge in [0.05, 0.1) is 18.1 Å². The third-order valence-corrected chi connectivity index (χ3v) is 2.47. The Balaban J connectivity index is 2.60. The molecule has 1 atom stereocenters. The molecular weight excluding hydrogens is 256 g/mol. The molecule has 4 heteroatoms. The molecule has 0 aromatic heterocycles. The van der Waals surface area contributed by atoms with Crippen molar-refractivity contribution in [1.29, 1.82) is 0 Å². The number of carbonyl (C=O) groups is 2. The molecule has 0 amide bonds. The topological polar surface area (TPSA) is 52.6 Å². The summed E-state index contributed by atoms with van der Waals surface area (Å²) in [5.41, 5.74) is 0.457. The Hall–Kier alpha value is -2.10. The molecule has 0 aliphatic heterocycles. The van der Waals surface area contributed by atoms with E-state index in [1.165, 1.54) is 0 Å². The Labute approximate surface area is 119 Å². The largest absolute Gasteiger partial charge is 0.463 e. The van der Waals surface area contributed by atoms with Gasteiger partial charge in [0.25, 0.3) is 0 Å². The fourth-order valence-electron chi connectivity index (χ4n) is 1.65. The molecule has 0 N–H and O–H groups in total. The van der Waals surface area contributed by atoms with E-state index in [1.54, 1.807) is 44.2 Å². The maximum absolute atomic E-state index is 11.9. The summed E-state index contributed by atoms with van der Waals surface area (Å²) in [6.45, 7) is 7.15. The molecule has 0 spiro atoms. The van der Waals surface area contributed by atoms with E-state index in [-0.39, 0.29) is 18.5 Å². The summed E-state index contributed by atoms with van der Waals surface area (Å²) in [5.74, 6) is -0.831. The minimum atomic E-state index is -0.550. The summed E-state index contributed by atoms with van der Waals surface area (Å²) in [5, 5.41) is 0. The van der Waals surface area contributed by atoms with Crippen molar-refractivity contribution in [3.05, 3.63) is 48.6 Å². The van der Waals surface area contributed by atoms with E-state index in [4.69, 9.17) is 9.47 Å². The van der Waals surface area contributed by atoms with Crippen molar-refractivity contribution in [2.24, 2.45) is 0 Å². The van der Waals surface area contributed by atoms with Crippen molar-refractivity contribution in [1.82, 2.24) is 0 Å². The van der Waals surface area contributed by atoms with Gasteiger partial charge in [0.1, 0.15) is 6.10 Å². The second kappa shape index (κ2) is 8.15. The monoisotopic (exact) mass is 276 g/mol. The van der Waals surface area contributed by atoms with E-state index in [1.807, 2.05) is 6.07 Å². The van der Waals surface area contributed by atoms with Crippen LogP contribution in [0.2, 0.25) is 0 Å². The van der Waals surface area contributed by atoms with Gasteiger partial charge in [-0.1, -0.05) is 24.3 Å². The van der Waals surface area contributed by atoms with E-state index in [2.05, 4.69) is 6.58 Å². The van der Waals surface area contributed by atoms with Gasteiger partial charge in [0.15, 0.2) is 0 Å². The SMILES string of the molecule is C=CC[C@H](CC(=O)OC(C)C)OC(=O)c1ccccc1. The first-order valence-corrected chi connectivity index (χ1v) is 6.59.